The Balaban J connectivity index is 1.83. The van der Waals surface area contributed by atoms with Gasteiger partial charge in [0.2, 0.25) is 0 Å². The van der Waals surface area contributed by atoms with Crippen LogP contribution in [0, 0.1) is 5.92 Å². The Morgan fingerprint density at radius 1 is 1.40 bits per heavy atom. The Bertz CT molecular complexity index is 577. The summed E-state index contributed by atoms with van der Waals surface area (Å²) in [5, 5.41) is 3.46. The van der Waals surface area contributed by atoms with Crippen LogP contribution in [0.15, 0.2) is 18.6 Å². The van der Waals surface area contributed by atoms with Crippen LogP contribution in [0.3, 0.4) is 0 Å². The first-order chi connectivity index (χ1) is 9.79. The molecule has 2 aromatic rings. The molecule has 0 aromatic carbocycles. The quantitative estimate of drug-likeness (QED) is 0.922. The van der Waals surface area contributed by atoms with E-state index in [2.05, 4.69) is 31.7 Å². The number of nitrogens with one attached hydrogen (secondary N) is 1. The number of pyridine rings is 1. The Kier molecular flexibility index (Phi) is 3.87. The van der Waals surface area contributed by atoms with Crippen molar-refractivity contribution in [3.63, 3.8) is 0 Å². The zero-order valence-corrected chi connectivity index (χ0v) is 12.3. The third kappa shape index (κ3) is 2.50. The maximum atomic E-state index is 4.59. The highest BCUT2D eigenvalue weighted by molar-refractivity contribution is 5.86. The minimum Gasteiger partial charge on any atom is -0.354 e. The lowest BCUT2D eigenvalue weighted by atomic mass is 9.98. The predicted molar refractivity (Wildman–Crippen MR) is 82.0 cm³/mol. The third-order valence-corrected chi connectivity index (χ3v) is 4.13. The van der Waals surface area contributed by atoms with E-state index in [1.54, 1.807) is 0 Å². The summed E-state index contributed by atoms with van der Waals surface area (Å²) in [4.78, 5) is 11.5. The molecule has 0 amide bonds. The van der Waals surface area contributed by atoms with Gasteiger partial charge in [0.15, 0.2) is 5.82 Å². The van der Waals surface area contributed by atoms with Gasteiger partial charge in [0.05, 0.1) is 11.8 Å². The van der Waals surface area contributed by atoms with Crippen molar-refractivity contribution in [2.24, 2.45) is 13.0 Å². The second-order valence-corrected chi connectivity index (χ2v) is 5.62. The predicted octanol–water partition coefficient (Wildman–Crippen LogP) is 1.79. The summed E-state index contributed by atoms with van der Waals surface area (Å²) < 4.78 is 2.06. The molecule has 1 unspecified atom stereocenters. The van der Waals surface area contributed by atoms with Crippen molar-refractivity contribution in [2.45, 2.75) is 19.8 Å². The molecule has 0 radical (unpaired) electrons. The standard InChI is InChI=1S/C15H23N5/c1-3-16-9-12-5-4-8-20(10-12)15-14-13(6-7-17-15)19(2)11-18-14/h6-7,11-12,16H,3-5,8-10H2,1-2H3. The number of aryl methyl sites for hydroxylation is 1. The molecule has 1 fully saturated rings. The van der Waals surface area contributed by atoms with Gasteiger partial charge in [-0.1, -0.05) is 6.92 Å². The zero-order valence-electron chi connectivity index (χ0n) is 12.3. The van der Waals surface area contributed by atoms with Crippen LogP contribution in [-0.4, -0.2) is 40.7 Å². The monoisotopic (exact) mass is 273 g/mol. The first kappa shape index (κ1) is 13.4. The molecule has 1 aliphatic heterocycles. The number of hydrogen-bond donors (Lipinski definition) is 1. The van der Waals surface area contributed by atoms with Crippen LogP contribution in [0.2, 0.25) is 0 Å². The van der Waals surface area contributed by atoms with E-state index in [4.69, 9.17) is 0 Å². The van der Waals surface area contributed by atoms with Gasteiger partial charge in [-0.15, -0.1) is 0 Å². The minimum absolute atomic E-state index is 0.712. The van der Waals surface area contributed by atoms with Gasteiger partial charge in [0, 0.05) is 26.3 Å². The molecule has 0 bridgehead atoms. The highest BCUT2D eigenvalue weighted by Crippen LogP contribution is 2.26. The molecule has 0 aliphatic carbocycles. The average molecular weight is 273 g/mol. The van der Waals surface area contributed by atoms with Crippen molar-refractivity contribution in [1.29, 1.82) is 0 Å². The SMILES string of the molecule is CCNCC1CCCN(c2nccc3c2ncn3C)C1. The van der Waals surface area contributed by atoms with Crippen molar-refractivity contribution >= 4 is 16.9 Å². The van der Waals surface area contributed by atoms with E-state index >= 15 is 0 Å². The van der Waals surface area contributed by atoms with Crippen LogP contribution in [0.5, 0.6) is 0 Å². The maximum absolute atomic E-state index is 4.59. The van der Waals surface area contributed by atoms with Gasteiger partial charge in [0.25, 0.3) is 0 Å². The number of aromatic nitrogens is 3. The summed E-state index contributed by atoms with van der Waals surface area (Å²) in [5.41, 5.74) is 2.18. The summed E-state index contributed by atoms with van der Waals surface area (Å²) in [5.74, 6) is 1.76. The first-order valence-electron chi connectivity index (χ1n) is 7.51. The fourth-order valence-corrected chi connectivity index (χ4v) is 3.05. The van der Waals surface area contributed by atoms with Crippen molar-refractivity contribution in [2.75, 3.05) is 31.1 Å². The second-order valence-electron chi connectivity index (χ2n) is 5.62. The zero-order chi connectivity index (χ0) is 13.9. The molecule has 2 aromatic heterocycles. The lowest BCUT2D eigenvalue weighted by molar-refractivity contribution is 0.394. The molecule has 0 spiro atoms. The Morgan fingerprint density at radius 3 is 3.15 bits per heavy atom. The molecule has 1 saturated heterocycles. The van der Waals surface area contributed by atoms with Crippen LogP contribution in [-0.2, 0) is 7.05 Å². The molecule has 5 nitrogen and oxygen atoms in total. The van der Waals surface area contributed by atoms with Crippen molar-refractivity contribution in [1.82, 2.24) is 19.9 Å². The average Bonchev–Trinajstić information content (AvgIpc) is 2.87. The number of fused-ring (bicyclic) bond motifs is 1. The van der Waals surface area contributed by atoms with Crippen LogP contribution in [0.25, 0.3) is 11.0 Å². The summed E-state index contributed by atoms with van der Waals surface area (Å²) in [6, 6.07) is 2.03. The molecular formula is C15H23N5. The van der Waals surface area contributed by atoms with Crippen molar-refractivity contribution < 1.29 is 0 Å². The second kappa shape index (κ2) is 5.79. The molecule has 1 aliphatic rings. The molecule has 0 saturated carbocycles. The van der Waals surface area contributed by atoms with E-state index in [0.717, 1.165) is 43.0 Å². The van der Waals surface area contributed by atoms with Crippen LogP contribution in [0.1, 0.15) is 19.8 Å². The molecule has 1 atom stereocenters. The fraction of sp³-hybridized carbons (Fsp3) is 0.600. The number of rotatable bonds is 4. The molecule has 3 rings (SSSR count). The summed E-state index contributed by atoms with van der Waals surface area (Å²) >= 11 is 0. The van der Waals surface area contributed by atoms with E-state index in [1.165, 1.54) is 12.8 Å². The molecule has 5 heteroatoms. The topological polar surface area (TPSA) is 46.0 Å². The van der Waals surface area contributed by atoms with Gasteiger partial charge < -0.3 is 14.8 Å². The van der Waals surface area contributed by atoms with E-state index < -0.39 is 0 Å². The lowest BCUT2D eigenvalue weighted by Crippen LogP contribution is -2.40. The van der Waals surface area contributed by atoms with Crippen LogP contribution in [0.4, 0.5) is 5.82 Å². The van der Waals surface area contributed by atoms with Crippen molar-refractivity contribution in [3.8, 4) is 0 Å². The van der Waals surface area contributed by atoms with Crippen LogP contribution >= 0.6 is 0 Å². The smallest absolute Gasteiger partial charge is 0.156 e. The summed E-state index contributed by atoms with van der Waals surface area (Å²) in [6.45, 7) is 6.48. The molecule has 3 heterocycles. The number of nitrogens with zero attached hydrogens (tertiary/aromatic N) is 4. The number of imidazole rings is 1. The van der Waals surface area contributed by atoms with E-state index in [1.807, 2.05) is 25.6 Å². The van der Waals surface area contributed by atoms with Crippen LogP contribution < -0.4 is 10.2 Å². The van der Waals surface area contributed by atoms with Gasteiger partial charge in [0.1, 0.15) is 5.52 Å². The normalized spacial score (nSPS) is 19.7. The van der Waals surface area contributed by atoms with Gasteiger partial charge in [-0.25, -0.2) is 9.97 Å². The Labute approximate surface area is 120 Å². The molecule has 20 heavy (non-hydrogen) atoms. The molecular weight excluding hydrogens is 250 g/mol. The molecule has 1 N–H and O–H groups in total. The fourth-order valence-electron chi connectivity index (χ4n) is 3.05. The third-order valence-electron chi connectivity index (χ3n) is 4.13. The highest BCUT2D eigenvalue weighted by Gasteiger charge is 2.22. The number of anilines is 1. The summed E-state index contributed by atoms with van der Waals surface area (Å²) in [6.07, 6.45) is 6.31. The highest BCUT2D eigenvalue weighted by atomic mass is 15.2. The minimum atomic E-state index is 0.712. The van der Waals surface area contributed by atoms with E-state index in [9.17, 15) is 0 Å². The molecule has 108 valence electrons. The lowest BCUT2D eigenvalue weighted by Gasteiger charge is -2.33. The Hall–Kier alpha value is -1.62. The van der Waals surface area contributed by atoms with E-state index in [0.29, 0.717) is 5.92 Å². The van der Waals surface area contributed by atoms with E-state index in [-0.39, 0.29) is 0 Å². The van der Waals surface area contributed by atoms with Gasteiger partial charge in [-0.05, 0) is 37.9 Å². The Morgan fingerprint density at radius 2 is 2.30 bits per heavy atom. The largest absolute Gasteiger partial charge is 0.354 e. The maximum Gasteiger partial charge on any atom is 0.156 e. The first-order valence-corrected chi connectivity index (χ1v) is 7.51. The van der Waals surface area contributed by atoms with Crippen molar-refractivity contribution in [3.05, 3.63) is 18.6 Å². The van der Waals surface area contributed by atoms with Gasteiger partial charge in [-0.3, -0.25) is 0 Å². The van der Waals surface area contributed by atoms with Gasteiger partial charge in [-0.2, -0.15) is 0 Å². The number of hydrogen-bond acceptors (Lipinski definition) is 4. The number of piperidine rings is 1. The summed E-state index contributed by atoms with van der Waals surface area (Å²) in [7, 11) is 2.03. The van der Waals surface area contributed by atoms with Gasteiger partial charge >= 0.3 is 0 Å².